The Kier molecular flexibility index (Phi) is 30.8. The molecule has 0 aromatic rings. The van der Waals surface area contributed by atoms with Crippen LogP contribution in [-0.4, -0.2) is 47.7 Å². The fraction of sp³-hybridized carbons (Fsp3) is 0.900. The molecule has 0 aliphatic heterocycles. The summed E-state index contributed by atoms with van der Waals surface area (Å²) in [7, 11) is 0. The number of ether oxygens (including phenoxy) is 1. The van der Waals surface area contributed by atoms with Gasteiger partial charge in [0, 0.05) is 19.6 Å². The summed E-state index contributed by atoms with van der Waals surface area (Å²) in [5.74, 6) is -0.711. The van der Waals surface area contributed by atoms with Gasteiger partial charge in [0.2, 0.25) is 0 Å². The van der Waals surface area contributed by atoms with Gasteiger partial charge in [-0.05, 0) is 20.3 Å². The van der Waals surface area contributed by atoms with Crippen LogP contribution in [0.25, 0.3) is 0 Å². The molecule has 0 saturated heterocycles. The first kappa shape index (κ1) is 19.9. The fourth-order valence-electron chi connectivity index (χ4n) is 0.418. The summed E-state index contributed by atoms with van der Waals surface area (Å²) < 4.78 is 4.83. The largest absolute Gasteiger partial charge is 0.481 e. The van der Waals surface area contributed by atoms with Crippen molar-refractivity contribution in [3.05, 3.63) is 0 Å². The number of hydrogen-bond acceptors (Lipinski definition) is 4. The molecule has 0 aromatic carbocycles. The van der Waals surface area contributed by atoms with Gasteiger partial charge in [0.05, 0.1) is 13.2 Å². The molecule has 0 radical (unpaired) electrons. The highest BCUT2D eigenvalue weighted by atomic mass is 16.5. The average molecular weight is 224 g/mol. The molecule has 0 fully saturated rings. The van der Waals surface area contributed by atoms with Crippen LogP contribution in [0.1, 0.15) is 33.6 Å². The number of aliphatic carboxylic acids is 1. The lowest BCUT2D eigenvalue weighted by Gasteiger charge is -1.86. The van der Waals surface area contributed by atoms with Crippen molar-refractivity contribution in [3.8, 4) is 0 Å². The number of aliphatic hydroxyl groups is 2. The number of hydrogen-bond donors (Lipinski definition) is 3. The van der Waals surface area contributed by atoms with Crippen molar-refractivity contribution < 1.29 is 24.9 Å². The summed E-state index contributed by atoms with van der Waals surface area (Å²) in [6.45, 7) is 7.26. The van der Waals surface area contributed by atoms with E-state index in [2.05, 4.69) is 0 Å². The highest BCUT2D eigenvalue weighted by Crippen LogP contribution is 1.82. The Hall–Kier alpha value is -0.650. The van der Waals surface area contributed by atoms with Gasteiger partial charge in [0.25, 0.3) is 0 Å². The topological polar surface area (TPSA) is 87.0 Å². The Bertz CT molecular complexity index is 102. The third kappa shape index (κ3) is 60.1. The lowest BCUT2D eigenvalue weighted by Crippen LogP contribution is -1.90. The molecule has 0 spiro atoms. The van der Waals surface area contributed by atoms with Crippen LogP contribution in [0.4, 0.5) is 0 Å². The SMILES string of the molecule is CCCC(=O)O.CCOCC.OCCO. The van der Waals surface area contributed by atoms with Crippen LogP contribution < -0.4 is 0 Å². The minimum absolute atomic E-state index is 0.125. The quantitative estimate of drug-likeness (QED) is 0.645. The summed E-state index contributed by atoms with van der Waals surface area (Å²) in [6.07, 6.45) is 1.02. The highest BCUT2D eigenvalue weighted by molar-refractivity contribution is 5.66. The molecule has 0 aromatic heterocycles. The zero-order chi connectivity index (χ0) is 12.5. The van der Waals surface area contributed by atoms with Crippen LogP contribution in [0.5, 0.6) is 0 Å². The predicted octanol–water partition coefficient (Wildman–Crippen LogP) is 0.885. The third-order valence-corrected chi connectivity index (χ3v) is 0.972. The standard InChI is InChI=1S/C4H8O2.C4H10O.C2H6O2/c1-2-3-4(5)6;1-3-5-4-2;3-1-2-4/h2-3H2,1H3,(H,5,6);3-4H2,1-2H3;3-4H,1-2H2. The molecule has 0 bridgehead atoms. The molecule has 3 N–H and O–H groups in total. The van der Waals surface area contributed by atoms with Crippen molar-refractivity contribution in [2.75, 3.05) is 26.4 Å². The number of aliphatic hydroxyl groups excluding tert-OH is 2. The van der Waals surface area contributed by atoms with Crippen molar-refractivity contribution in [2.45, 2.75) is 33.6 Å². The van der Waals surface area contributed by atoms with Gasteiger partial charge in [-0.1, -0.05) is 6.92 Å². The van der Waals surface area contributed by atoms with Gasteiger partial charge < -0.3 is 20.1 Å². The number of carbonyl (C=O) groups is 1. The Balaban J connectivity index is -0.000000147. The number of rotatable bonds is 5. The molecule has 0 saturated carbocycles. The Morgan fingerprint density at radius 1 is 1.07 bits per heavy atom. The normalized spacial score (nSPS) is 8.07. The molecule has 94 valence electrons. The van der Waals surface area contributed by atoms with Crippen molar-refractivity contribution in [2.24, 2.45) is 0 Å². The van der Waals surface area contributed by atoms with Gasteiger partial charge in [-0.25, -0.2) is 0 Å². The molecule has 0 heterocycles. The lowest BCUT2D eigenvalue weighted by molar-refractivity contribution is -0.137. The first-order valence-electron chi connectivity index (χ1n) is 5.11. The molecule has 0 amide bonds. The molecule has 0 aliphatic carbocycles. The molecule has 0 aliphatic rings. The second kappa shape index (κ2) is 23.3. The van der Waals surface area contributed by atoms with Crippen LogP contribution in [-0.2, 0) is 9.53 Å². The third-order valence-electron chi connectivity index (χ3n) is 0.972. The summed E-state index contributed by atoms with van der Waals surface area (Å²) in [6, 6.07) is 0. The van der Waals surface area contributed by atoms with Crippen LogP contribution in [0.3, 0.4) is 0 Å². The second-order valence-corrected chi connectivity index (χ2v) is 2.37. The van der Waals surface area contributed by atoms with E-state index in [0.717, 1.165) is 19.6 Å². The van der Waals surface area contributed by atoms with E-state index < -0.39 is 5.97 Å². The Morgan fingerprint density at radius 2 is 1.47 bits per heavy atom. The number of carboxylic acids is 1. The molecule has 15 heavy (non-hydrogen) atoms. The van der Waals surface area contributed by atoms with E-state index in [1.807, 2.05) is 20.8 Å². The van der Waals surface area contributed by atoms with Gasteiger partial charge >= 0.3 is 5.97 Å². The second-order valence-electron chi connectivity index (χ2n) is 2.37. The maximum atomic E-state index is 9.60. The molecule has 5 heteroatoms. The molecule has 0 rings (SSSR count). The Morgan fingerprint density at radius 3 is 1.47 bits per heavy atom. The van der Waals surface area contributed by atoms with Gasteiger partial charge in [0.15, 0.2) is 0 Å². The van der Waals surface area contributed by atoms with Crippen molar-refractivity contribution in [1.29, 1.82) is 0 Å². The van der Waals surface area contributed by atoms with Crippen molar-refractivity contribution >= 4 is 5.97 Å². The van der Waals surface area contributed by atoms with E-state index in [9.17, 15) is 4.79 Å². The minimum Gasteiger partial charge on any atom is -0.481 e. The molecule has 5 nitrogen and oxygen atoms in total. The lowest BCUT2D eigenvalue weighted by atomic mass is 10.4. The van der Waals surface area contributed by atoms with E-state index >= 15 is 0 Å². The van der Waals surface area contributed by atoms with E-state index in [1.54, 1.807) is 0 Å². The van der Waals surface area contributed by atoms with Gasteiger partial charge in [-0.3, -0.25) is 4.79 Å². The molecule has 0 atom stereocenters. The fourth-order valence-corrected chi connectivity index (χ4v) is 0.418. The zero-order valence-corrected chi connectivity index (χ0v) is 9.90. The van der Waals surface area contributed by atoms with E-state index in [0.29, 0.717) is 6.42 Å². The van der Waals surface area contributed by atoms with Crippen LogP contribution in [0.2, 0.25) is 0 Å². The van der Waals surface area contributed by atoms with E-state index in [1.165, 1.54) is 0 Å². The highest BCUT2D eigenvalue weighted by Gasteiger charge is 1.87. The van der Waals surface area contributed by atoms with Crippen LogP contribution in [0, 0.1) is 0 Å². The van der Waals surface area contributed by atoms with Crippen molar-refractivity contribution in [1.82, 2.24) is 0 Å². The first-order valence-corrected chi connectivity index (χ1v) is 5.11. The van der Waals surface area contributed by atoms with Gasteiger partial charge in [-0.15, -0.1) is 0 Å². The predicted molar refractivity (Wildman–Crippen MR) is 58.9 cm³/mol. The van der Waals surface area contributed by atoms with Crippen LogP contribution in [0.15, 0.2) is 0 Å². The molecule has 0 unspecified atom stereocenters. The zero-order valence-electron chi connectivity index (χ0n) is 9.90. The summed E-state index contributed by atoms with van der Waals surface area (Å²) >= 11 is 0. The van der Waals surface area contributed by atoms with Crippen LogP contribution >= 0.6 is 0 Å². The van der Waals surface area contributed by atoms with Gasteiger partial charge in [-0.2, -0.15) is 0 Å². The van der Waals surface area contributed by atoms with E-state index in [-0.39, 0.29) is 13.2 Å². The maximum Gasteiger partial charge on any atom is 0.303 e. The monoisotopic (exact) mass is 224 g/mol. The molecular formula is C10H24O5. The van der Waals surface area contributed by atoms with Gasteiger partial charge in [0.1, 0.15) is 0 Å². The maximum absolute atomic E-state index is 9.60. The average Bonchev–Trinajstić information content (AvgIpc) is 2.20. The van der Waals surface area contributed by atoms with Crippen molar-refractivity contribution in [3.63, 3.8) is 0 Å². The minimum atomic E-state index is -0.711. The summed E-state index contributed by atoms with van der Waals surface area (Å²) in [4.78, 5) is 9.60. The summed E-state index contributed by atoms with van der Waals surface area (Å²) in [5.41, 5.74) is 0. The summed E-state index contributed by atoms with van der Waals surface area (Å²) in [5, 5.41) is 23.2. The first-order chi connectivity index (χ1) is 7.10. The number of carboxylic acid groups (broad SMARTS) is 1. The van der Waals surface area contributed by atoms with E-state index in [4.69, 9.17) is 20.1 Å². The Labute approximate surface area is 91.7 Å². The molecular weight excluding hydrogens is 200 g/mol. The smallest absolute Gasteiger partial charge is 0.303 e.